The Bertz CT molecular complexity index is 5380. The molecule has 0 bridgehead atoms. The second-order valence-corrected chi connectivity index (χ2v) is 34.7. The van der Waals surface area contributed by atoms with Gasteiger partial charge in [-0.05, 0) is 87.4 Å². The fourth-order valence-corrected chi connectivity index (χ4v) is 18.1. The lowest BCUT2D eigenvalue weighted by Crippen LogP contribution is -2.57. The van der Waals surface area contributed by atoms with Gasteiger partial charge in [0.05, 0.1) is 67.9 Å². The summed E-state index contributed by atoms with van der Waals surface area (Å²) < 4.78 is 136. The number of carbonyl (C=O) groups excluding carboxylic acids is 4. The number of carboxylic acid groups (broad SMARTS) is 1. The van der Waals surface area contributed by atoms with E-state index in [0.29, 0.717) is 154 Å². The molecule has 4 aromatic heterocycles. The van der Waals surface area contributed by atoms with E-state index in [-0.39, 0.29) is 80.0 Å². The molecule has 660 valence electrons. The average molecular weight is 1970 g/mol. The molecule has 0 unspecified atom stereocenters. The van der Waals surface area contributed by atoms with E-state index in [1.807, 2.05) is 30.8 Å². The SMILES string of the molecule is CCOC(=O)C1=C(CN2CC(F)(F)C2)NC(c2nccs2)=N[C@H]1c1ccc(F)cc1Cl.CCOC(=O)C1=C(CN2CC(F)C2)NC(c2nccs2)=N[C@H]1c1ccc(F)cc1Br.CCOC(=O)C1=C(CN2CC(F)C2)NC(c2nccs2)=N[C@H]1c1ccc(F)cc1Cl.CCOC(=O)C1=C(CN2CC(OCC(=O)O)C2)NC(c2nccs2)=N[C@H]1c1ccc(F)cc1Br. The van der Waals surface area contributed by atoms with Crippen LogP contribution in [-0.2, 0) is 47.7 Å². The smallest absolute Gasteiger partial charge is 0.338 e. The Hall–Kier alpha value is -9.63. The Labute approximate surface area is 753 Å². The molecule has 0 spiro atoms. The lowest BCUT2D eigenvalue weighted by atomic mass is 9.94. The summed E-state index contributed by atoms with van der Waals surface area (Å²) in [5.41, 5.74) is 5.27. The molecule has 8 aliphatic heterocycles. The second kappa shape index (κ2) is 42.3. The number of hydrogen-bond donors (Lipinski definition) is 5. The Kier molecular flexibility index (Phi) is 31.5. The van der Waals surface area contributed by atoms with Gasteiger partial charge in [-0.1, -0.05) is 79.3 Å². The third-order valence-electron chi connectivity index (χ3n) is 19.7. The van der Waals surface area contributed by atoms with Crippen LogP contribution in [0.5, 0.6) is 0 Å². The molecule has 12 heterocycles. The normalized spacial score (nSPS) is 19.8. The summed E-state index contributed by atoms with van der Waals surface area (Å²) in [5, 5.41) is 31.5. The minimum absolute atomic E-state index is 0.0590. The molecule has 4 aromatic carbocycles. The van der Waals surface area contributed by atoms with Crippen molar-refractivity contribution >= 4 is 154 Å². The number of rotatable bonds is 27. The topological polar surface area (TPSA) is 314 Å². The molecule has 4 saturated heterocycles. The van der Waals surface area contributed by atoms with Gasteiger partial charge < -0.3 is 50.1 Å². The number of esters is 4. The Morgan fingerprint density at radius 3 is 0.984 bits per heavy atom. The van der Waals surface area contributed by atoms with Gasteiger partial charge in [0.2, 0.25) is 0 Å². The van der Waals surface area contributed by atoms with Gasteiger partial charge in [0.15, 0.2) is 43.4 Å². The van der Waals surface area contributed by atoms with Gasteiger partial charge in [0.25, 0.3) is 5.92 Å². The Morgan fingerprint density at radius 2 is 0.728 bits per heavy atom. The number of aliphatic imine (C=N–C) groups is 4. The lowest BCUT2D eigenvalue weighted by Gasteiger charge is -2.40. The van der Waals surface area contributed by atoms with Crippen LogP contribution >= 0.6 is 100 Å². The molecular weight excluding hydrogens is 1900 g/mol. The first-order chi connectivity index (χ1) is 60.0. The maximum absolute atomic E-state index is 13.8. The number of benzene rings is 4. The minimum atomic E-state index is -2.76. The standard InChI is InChI=1S/C22H22BrFN4O5S.C20H19BrF2N4O2S.C20H18ClF3N4O2S.C20H19ClF2N4O2S/c1-2-32-22(31)18-16(10-28-8-13(9-28)33-11-17(29)30)26-20(21-25-5-6-34-21)27-19(18)14-4-3-12(24)7-15(14)23;1-2-29-20(28)16-15(10-27-8-12(23)9-27)25-18(19-24-5-6-30-19)26-17(16)13-4-3-11(22)7-14(13)21;1-2-30-19(29)15-14(8-28-9-20(23,24)10-28)26-17(18-25-5-6-31-18)27-16(15)12-4-3-11(22)7-13(12)21;1-2-29-20(28)16-15(10-27-8-12(23)9-27)25-18(19-24-5-6-30-19)26-17(16)13-4-3-11(22)7-14(13)21/h3-7,13,19H,2,8-11H2,1H3,(H,26,27)(H,29,30);3-7,12,17H,2,8-10H2,1H3,(H,25,26);3-7,16H,2,8-10H2,1H3,(H,26,27);3-7,12,17H,2,8-10H2,1H3,(H,25,26)/t19-;17-;16-;17-/m0000/s1. The summed E-state index contributed by atoms with van der Waals surface area (Å²) in [6.07, 6.45) is 4.64. The van der Waals surface area contributed by atoms with Crippen molar-refractivity contribution in [3.63, 3.8) is 0 Å². The van der Waals surface area contributed by atoms with E-state index in [1.165, 1.54) is 105 Å². The van der Waals surface area contributed by atoms with Crippen molar-refractivity contribution in [1.29, 1.82) is 0 Å². The van der Waals surface area contributed by atoms with Crippen molar-refractivity contribution in [2.24, 2.45) is 20.0 Å². The molecule has 8 aromatic rings. The van der Waals surface area contributed by atoms with E-state index in [4.69, 9.17) is 62.0 Å². The van der Waals surface area contributed by atoms with Crippen molar-refractivity contribution in [3.8, 4) is 0 Å². The Balaban J connectivity index is 0.000000143. The highest BCUT2D eigenvalue weighted by Crippen LogP contribution is 2.43. The van der Waals surface area contributed by atoms with E-state index in [9.17, 15) is 59.1 Å². The summed E-state index contributed by atoms with van der Waals surface area (Å²) in [6, 6.07) is 13.1. The predicted molar refractivity (Wildman–Crippen MR) is 462 cm³/mol. The highest BCUT2D eigenvalue weighted by Gasteiger charge is 2.47. The first-order valence-electron chi connectivity index (χ1n) is 38.8. The molecule has 16 rings (SSSR count). The fraction of sp³-hybridized carbons (Fsp3) is 0.354. The molecular formula is C82H78Br2Cl2F8N16O11S4. The summed E-state index contributed by atoms with van der Waals surface area (Å²) in [6.45, 7) is 9.60. The van der Waals surface area contributed by atoms with E-state index in [1.54, 1.807) is 70.0 Å². The molecule has 4 fully saturated rings. The van der Waals surface area contributed by atoms with Gasteiger partial charge in [-0.25, -0.2) is 79.0 Å². The number of nitrogens with zero attached hydrogens (tertiary/aromatic N) is 12. The number of amidine groups is 4. The quantitative estimate of drug-likeness (QED) is 0.0181. The summed E-state index contributed by atoms with van der Waals surface area (Å²) >= 11 is 24.9. The maximum Gasteiger partial charge on any atom is 0.338 e. The summed E-state index contributed by atoms with van der Waals surface area (Å²) in [4.78, 5) is 106. The van der Waals surface area contributed by atoms with Gasteiger partial charge in [0, 0.05) is 165 Å². The van der Waals surface area contributed by atoms with Gasteiger partial charge >= 0.3 is 29.8 Å². The highest BCUT2D eigenvalue weighted by atomic mass is 79.9. The van der Waals surface area contributed by atoms with Crippen LogP contribution in [0.25, 0.3) is 0 Å². The third-order valence-corrected chi connectivity index (χ3v) is 24.8. The zero-order valence-corrected chi connectivity index (χ0v) is 74.6. The van der Waals surface area contributed by atoms with Crippen LogP contribution in [0.1, 0.15) is 94.1 Å². The van der Waals surface area contributed by atoms with E-state index in [2.05, 4.69) is 83.0 Å². The van der Waals surface area contributed by atoms with Crippen LogP contribution in [0.15, 0.2) is 193 Å². The number of hydrogen-bond acceptors (Lipinski definition) is 30. The zero-order valence-electron chi connectivity index (χ0n) is 66.7. The van der Waals surface area contributed by atoms with Crippen LogP contribution < -0.4 is 21.3 Å². The molecule has 0 amide bonds. The van der Waals surface area contributed by atoms with Crippen LogP contribution in [0.3, 0.4) is 0 Å². The molecule has 0 saturated carbocycles. The van der Waals surface area contributed by atoms with Gasteiger partial charge in [-0.2, -0.15) is 0 Å². The number of carbonyl (C=O) groups is 5. The first-order valence-corrected chi connectivity index (χ1v) is 44.7. The van der Waals surface area contributed by atoms with E-state index >= 15 is 0 Å². The number of alkyl halides is 4. The number of likely N-dealkylation sites (tertiary alicyclic amines) is 4. The van der Waals surface area contributed by atoms with Crippen molar-refractivity contribution in [2.75, 3.05) is 112 Å². The number of thiazole rings is 4. The van der Waals surface area contributed by atoms with Crippen molar-refractivity contribution in [2.45, 2.75) is 76.2 Å². The number of aliphatic carboxylic acids is 1. The molecule has 125 heavy (non-hydrogen) atoms. The average Bonchev–Trinajstić information content (AvgIpc) is 1.38. The van der Waals surface area contributed by atoms with Gasteiger partial charge in [-0.15, -0.1) is 45.3 Å². The maximum atomic E-state index is 13.8. The molecule has 0 radical (unpaired) electrons. The fourth-order valence-electron chi connectivity index (χ4n) is 14.1. The number of halogens is 12. The second-order valence-electron chi connectivity index (χ2n) is 28.6. The first kappa shape index (κ1) is 93.0. The highest BCUT2D eigenvalue weighted by molar-refractivity contribution is 9.10. The number of nitrogens with one attached hydrogen (secondary N) is 4. The lowest BCUT2D eigenvalue weighted by molar-refractivity contribution is -0.148. The summed E-state index contributed by atoms with van der Waals surface area (Å²) in [5.74, 6) is -6.00. The van der Waals surface area contributed by atoms with Crippen LogP contribution in [0, 0.1) is 23.3 Å². The van der Waals surface area contributed by atoms with Gasteiger partial charge in [-0.3, -0.25) is 39.6 Å². The van der Waals surface area contributed by atoms with Crippen molar-refractivity contribution in [3.05, 3.63) is 249 Å². The number of carboxylic acids is 1. The van der Waals surface area contributed by atoms with Crippen LogP contribution in [-0.4, -0.2) is 234 Å². The van der Waals surface area contributed by atoms with E-state index < -0.39 is 109 Å². The molecule has 43 heteroatoms. The molecule has 5 N–H and O–H groups in total. The van der Waals surface area contributed by atoms with E-state index in [0.717, 1.165) is 6.07 Å². The number of aromatic nitrogens is 4. The number of ether oxygens (including phenoxy) is 5. The van der Waals surface area contributed by atoms with Gasteiger partial charge in [0.1, 0.15) is 66.4 Å². The predicted octanol–water partition coefficient (Wildman–Crippen LogP) is 13.6. The molecule has 8 aliphatic rings. The minimum Gasteiger partial charge on any atom is -0.480 e. The Morgan fingerprint density at radius 1 is 0.448 bits per heavy atom. The van der Waals surface area contributed by atoms with Crippen molar-refractivity contribution in [1.82, 2.24) is 60.8 Å². The van der Waals surface area contributed by atoms with Crippen LogP contribution in [0.2, 0.25) is 10.0 Å². The third kappa shape index (κ3) is 23.2. The molecule has 27 nitrogen and oxygen atoms in total. The molecule has 0 aliphatic carbocycles. The summed E-state index contributed by atoms with van der Waals surface area (Å²) in [7, 11) is 0. The zero-order chi connectivity index (χ0) is 88.9. The molecule has 4 atom stereocenters. The van der Waals surface area contributed by atoms with Crippen LogP contribution in [0.4, 0.5) is 35.1 Å². The van der Waals surface area contributed by atoms with Crippen molar-refractivity contribution < 1.29 is 87.9 Å². The largest absolute Gasteiger partial charge is 0.480 e. The monoisotopic (exact) mass is 1970 g/mol.